The van der Waals surface area contributed by atoms with Gasteiger partial charge in [0.15, 0.2) is 5.69 Å². The normalized spacial score (nSPS) is 17.7. The molecule has 1 aromatic heterocycles. The lowest BCUT2D eigenvalue weighted by atomic mass is 9.92. The number of carbonyl (C=O) groups excluding carboxylic acids is 3. The van der Waals surface area contributed by atoms with Crippen molar-refractivity contribution < 1.29 is 14.4 Å². The van der Waals surface area contributed by atoms with Crippen molar-refractivity contribution in [3.8, 4) is 0 Å². The van der Waals surface area contributed by atoms with E-state index in [1.54, 1.807) is 37.3 Å². The van der Waals surface area contributed by atoms with Gasteiger partial charge in [-0.05, 0) is 25.3 Å². The largest absolute Gasteiger partial charge is 0.383 e. The summed E-state index contributed by atoms with van der Waals surface area (Å²) in [6.07, 6.45) is 1.84. The second kappa shape index (κ2) is 9.94. The van der Waals surface area contributed by atoms with Gasteiger partial charge in [-0.3, -0.25) is 28.8 Å². The van der Waals surface area contributed by atoms with Crippen molar-refractivity contribution in [3.05, 3.63) is 56.7 Å². The number of nitrogens with zero attached hydrogens (tertiary/aromatic N) is 3. The fourth-order valence-electron chi connectivity index (χ4n) is 3.99. The minimum absolute atomic E-state index is 0.131. The summed E-state index contributed by atoms with van der Waals surface area (Å²) in [5.41, 5.74) is 3.79. The second-order valence-electron chi connectivity index (χ2n) is 8.36. The molecule has 1 fully saturated rings. The molecule has 1 aliphatic heterocycles. The molecular formula is C23H30N6O5. The van der Waals surface area contributed by atoms with E-state index in [1.165, 1.54) is 4.57 Å². The van der Waals surface area contributed by atoms with Gasteiger partial charge in [-0.1, -0.05) is 50.6 Å². The van der Waals surface area contributed by atoms with Crippen molar-refractivity contribution in [2.75, 3.05) is 23.7 Å². The zero-order valence-electron chi connectivity index (χ0n) is 19.6. The summed E-state index contributed by atoms with van der Waals surface area (Å²) in [6, 6.07) is 8.02. The number of rotatable bonds is 9. The number of anilines is 2. The Morgan fingerprint density at radius 3 is 2.38 bits per heavy atom. The Balaban J connectivity index is 1.96. The number of aromatic amines is 1. The van der Waals surface area contributed by atoms with Crippen LogP contribution in [0, 0.1) is 0 Å². The van der Waals surface area contributed by atoms with Crippen LogP contribution >= 0.6 is 0 Å². The van der Waals surface area contributed by atoms with Gasteiger partial charge >= 0.3 is 11.7 Å². The van der Waals surface area contributed by atoms with Crippen LogP contribution < -0.4 is 27.2 Å². The summed E-state index contributed by atoms with van der Waals surface area (Å²) < 4.78 is 1.20. The molecule has 11 heteroatoms. The molecule has 2 aromatic rings. The van der Waals surface area contributed by atoms with Crippen LogP contribution in [0.25, 0.3) is 0 Å². The zero-order chi connectivity index (χ0) is 25.0. The van der Waals surface area contributed by atoms with Crippen LogP contribution in [0.15, 0.2) is 39.9 Å². The van der Waals surface area contributed by atoms with Gasteiger partial charge in [-0.15, -0.1) is 0 Å². The van der Waals surface area contributed by atoms with E-state index < -0.39 is 41.2 Å². The van der Waals surface area contributed by atoms with Gasteiger partial charge in [0, 0.05) is 13.1 Å². The number of amides is 4. The van der Waals surface area contributed by atoms with E-state index in [4.69, 9.17) is 5.73 Å². The van der Waals surface area contributed by atoms with Crippen molar-refractivity contribution in [2.45, 2.75) is 52.1 Å². The molecule has 11 nitrogen and oxygen atoms in total. The number of nitrogen functional groups attached to an aromatic ring is 1. The first kappa shape index (κ1) is 24.7. The minimum atomic E-state index is -1.32. The molecule has 4 N–H and O–H groups in total. The summed E-state index contributed by atoms with van der Waals surface area (Å²) in [4.78, 5) is 68.3. The van der Waals surface area contributed by atoms with E-state index in [1.807, 2.05) is 13.8 Å². The van der Waals surface area contributed by atoms with Crippen molar-refractivity contribution in [1.82, 2.24) is 19.8 Å². The van der Waals surface area contributed by atoms with E-state index in [-0.39, 0.29) is 24.6 Å². The topological polar surface area (TPSA) is 151 Å². The molecule has 1 aliphatic rings. The molecule has 1 aromatic carbocycles. The average Bonchev–Trinajstić information content (AvgIpc) is 3.03. The molecule has 0 spiro atoms. The molecule has 0 aliphatic carbocycles. The van der Waals surface area contributed by atoms with Crippen molar-refractivity contribution in [1.29, 1.82) is 0 Å². The first-order valence-electron chi connectivity index (χ1n) is 11.3. The monoisotopic (exact) mass is 470 g/mol. The summed E-state index contributed by atoms with van der Waals surface area (Å²) in [7, 11) is 0. The third kappa shape index (κ3) is 4.45. The zero-order valence-corrected chi connectivity index (χ0v) is 19.6. The number of carbonyl (C=O) groups is 3. The van der Waals surface area contributed by atoms with E-state index in [0.29, 0.717) is 24.8 Å². The van der Waals surface area contributed by atoms with Gasteiger partial charge in [0.2, 0.25) is 5.91 Å². The second-order valence-corrected chi connectivity index (χ2v) is 8.36. The van der Waals surface area contributed by atoms with E-state index in [2.05, 4.69) is 10.3 Å². The van der Waals surface area contributed by atoms with Crippen LogP contribution in [0.1, 0.15) is 45.6 Å². The molecule has 34 heavy (non-hydrogen) atoms. The molecule has 0 radical (unpaired) electrons. The molecule has 3 rings (SSSR count). The Kier molecular flexibility index (Phi) is 7.23. The molecule has 0 saturated carbocycles. The standard InChI is InChI=1S/C23H30N6O5/c1-4-6-13-27(17-18(24)28(12-5-2)21(33)25-19(17)31)16(30)14-29-20(32)23(3,26-22(29)34)15-10-8-7-9-11-15/h7-11H,4-6,12-14,24H2,1-3H3,(H,26,34)(H,25,31,33)/t23-/m0/s1. The fourth-order valence-corrected chi connectivity index (χ4v) is 3.99. The Hall–Kier alpha value is -3.89. The highest BCUT2D eigenvalue weighted by Crippen LogP contribution is 2.29. The Morgan fingerprint density at radius 1 is 1.09 bits per heavy atom. The van der Waals surface area contributed by atoms with Crippen molar-refractivity contribution in [2.24, 2.45) is 0 Å². The average molecular weight is 471 g/mol. The minimum Gasteiger partial charge on any atom is -0.383 e. The molecule has 2 heterocycles. The number of hydrogen-bond donors (Lipinski definition) is 3. The van der Waals surface area contributed by atoms with Crippen LogP contribution in [0.3, 0.4) is 0 Å². The smallest absolute Gasteiger partial charge is 0.330 e. The highest BCUT2D eigenvalue weighted by Gasteiger charge is 2.49. The summed E-state index contributed by atoms with van der Waals surface area (Å²) >= 11 is 0. The van der Waals surface area contributed by atoms with Gasteiger partial charge in [-0.25, -0.2) is 9.59 Å². The molecule has 182 valence electrons. The Morgan fingerprint density at radius 2 is 1.76 bits per heavy atom. The number of nitrogens with one attached hydrogen (secondary N) is 2. The molecule has 0 unspecified atom stereocenters. The molecule has 4 amide bonds. The lowest BCUT2D eigenvalue weighted by Gasteiger charge is -2.26. The first-order valence-corrected chi connectivity index (χ1v) is 11.3. The number of unbranched alkanes of at least 4 members (excludes halogenated alkanes) is 1. The molecule has 0 bridgehead atoms. The van der Waals surface area contributed by atoms with Gasteiger partial charge in [0.1, 0.15) is 17.9 Å². The highest BCUT2D eigenvalue weighted by atomic mass is 16.2. The highest BCUT2D eigenvalue weighted by molar-refractivity contribution is 6.10. The van der Waals surface area contributed by atoms with Gasteiger partial charge < -0.3 is 16.0 Å². The third-order valence-electron chi connectivity index (χ3n) is 5.89. The van der Waals surface area contributed by atoms with Crippen molar-refractivity contribution in [3.63, 3.8) is 0 Å². The maximum Gasteiger partial charge on any atom is 0.330 e. The Labute approximate surface area is 196 Å². The quantitative estimate of drug-likeness (QED) is 0.468. The van der Waals surface area contributed by atoms with Crippen LogP contribution in [-0.4, -0.2) is 45.4 Å². The summed E-state index contributed by atoms with van der Waals surface area (Å²) in [6.45, 7) is 5.14. The number of H-pyrrole nitrogens is 1. The van der Waals surface area contributed by atoms with Crippen LogP contribution in [0.4, 0.5) is 16.3 Å². The van der Waals surface area contributed by atoms with Gasteiger partial charge in [-0.2, -0.15) is 0 Å². The number of benzene rings is 1. The van der Waals surface area contributed by atoms with E-state index in [9.17, 15) is 24.0 Å². The van der Waals surface area contributed by atoms with E-state index in [0.717, 1.165) is 9.80 Å². The molecular weight excluding hydrogens is 440 g/mol. The van der Waals surface area contributed by atoms with Crippen LogP contribution in [0.5, 0.6) is 0 Å². The predicted molar refractivity (Wildman–Crippen MR) is 127 cm³/mol. The number of imide groups is 1. The van der Waals surface area contributed by atoms with Gasteiger partial charge in [0.05, 0.1) is 0 Å². The van der Waals surface area contributed by atoms with Crippen molar-refractivity contribution >= 4 is 29.4 Å². The summed E-state index contributed by atoms with van der Waals surface area (Å²) in [5, 5.41) is 2.66. The Bertz CT molecular complexity index is 1200. The lowest BCUT2D eigenvalue weighted by Crippen LogP contribution is -2.47. The van der Waals surface area contributed by atoms with Crippen LogP contribution in [-0.2, 0) is 21.7 Å². The van der Waals surface area contributed by atoms with Gasteiger partial charge in [0.25, 0.3) is 11.5 Å². The number of urea groups is 1. The maximum atomic E-state index is 13.4. The first-order chi connectivity index (χ1) is 16.2. The SMILES string of the molecule is CCCCN(C(=O)CN1C(=O)N[C@@](C)(c2ccccc2)C1=O)c1c(N)n(CCC)c(=O)[nH]c1=O. The lowest BCUT2D eigenvalue weighted by molar-refractivity contribution is -0.134. The fraction of sp³-hybridized carbons (Fsp3) is 0.435. The number of nitrogens with two attached hydrogens (primary N) is 1. The van der Waals surface area contributed by atoms with Crippen LogP contribution in [0.2, 0.25) is 0 Å². The maximum absolute atomic E-state index is 13.4. The predicted octanol–water partition coefficient (Wildman–Crippen LogP) is 1.13. The number of aromatic nitrogens is 2. The van der Waals surface area contributed by atoms with E-state index >= 15 is 0 Å². The molecule has 1 atom stereocenters. The number of hydrogen-bond acceptors (Lipinski definition) is 6. The third-order valence-corrected chi connectivity index (χ3v) is 5.89. The summed E-state index contributed by atoms with van der Waals surface area (Å²) in [5.74, 6) is -1.37. The molecule has 1 saturated heterocycles.